The van der Waals surface area contributed by atoms with E-state index in [1.807, 2.05) is 13.0 Å². The lowest BCUT2D eigenvalue weighted by atomic mass is 10.3. The zero-order chi connectivity index (χ0) is 13.7. The molecule has 100 valence electrons. The standard InChI is InChI=1S/C14H17N3O2/c1-11-6-7-15-12(10-11)16-13(18)4-5-14(19)17-8-2-3-9-17/h4-7,10H,2-3,8-9H2,1H3,(H,15,16,18)/b5-4-. The van der Waals surface area contributed by atoms with Crippen LogP contribution < -0.4 is 5.32 Å². The summed E-state index contributed by atoms with van der Waals surface area (Å²) in [6, 6.07) is 3.62. The first-order valence-electron chi connectivity index (χ1n) is 6.36. The molecule has 1 aliphatic heterocycles. The third kappa shape index (κ3) is 3.91. The minimum Gasteiger partial charge on any atom is -0.339 e. The Morgan fingerprint density at radius 1 is 1.32 bits per heavy atom. The number of carbonyl (C=O) groups is 2. The van der Waals surface area contributed by atoms with Crippen molar-refractivity contribution in [2.75, 3.05) is 18.4 Å². The third-order valence-electron chi connectivity index (χ3n) is 2.96. The molecule has 5 heteroatoms. The van der Waals surface area contributed by atoms with E-state index in [4.69, 9.17) is 0 Å². The Morgan fingerprint density at radius 2 is 2.05 bits per heavy atom. The van der Waals surface area contributed by atoms with Crippen LogP contribution in [0.1, 0.15) is 18.4 Å². The molecule has 0 bridgehead atoms. The highest BCUT2D eigenvalue weighted by Gasteiger charge is 2.15. The molecule has 5 nitrogen and oxygen atoms in total. The lowest BCUT2D eigenvalue weighted by Crippen LogP contribution is -2.26. The zero-order valence-corrected chi connectivity index (χ0v) is 10.9. The van der Waals surface area contributed by atoms with Crippen LogP contribution in [-0.2, 0) is 9.59 Å². The number of amides is 2. The number of carbonyl (C=O) groups excluding carboxylic acids is 2. The first-order chi connectivity index (χ1) is 9.15. The number of hydrogen-bond donors (Lipinski definition) is 1. The SMILES string of the molecule is Cc1ccnc(NC(=O)/C=C\C(=O)N2CCCC2)c1. The van der Waals surface area contributed by atoms with Gasteiger partial charge in [-0.25, -0.2) is 4.98 Å². The van der Waals surface area contributed by atoms with E-state index in [1.165, 1.54) is 12.2 Å². The van der Waals surface area contributed by atoms with Gasteiger partial charge in [0, 0.05) is 31.4 Å². The van der Waals surface area contributed by atoms with Crippen molar-refractivity contribution in [2.24, 2.45) is 0 Å². The summed E-state index contributed by atoms with van der Waals surface area (Å²) in [6.07, 6.45) is 6.28. The van der Waals surface area contributed by atoms with E-state index in [0.717, 1.165) is 31.5 Å². The molecule has 1 aromatic heterocycles. The normalized spacial score (nSPS) is 14.9. The Morgan fingerprint density at radius 3 is 2.74 bits per heavy atom. The number of aromatic nitrogens is 1. The molecule has 1 N–H and O–H groups in total. The number of likely N-dealkylation sites (tertiary alicyclic amines) is 1. The van der Waals surface area contributed by atoms with Gasteiger partial charge in [-0.15, -0.1) is 0 Å². The Hall–Kier alpha value is -2.17. The van der Waals surface area contributed by atoms with Crippen molar-refractivity contribution in [1.82, 2.24) is 9.88 Å². The van der Waals surface area contributed by atoms with Gasteiger partial charge in [0.1, 0.15) is 5.82 Å². The molecule has 1 saturated heterocycles. The van der Waals surface area contributed by atoms with Crippen LogP contribution in [0.25, 0.3) is 0 Å². The molecule has 1 aliphatic rings. The predicted molar refractivity (Wildman–Crippen MR) is 72.6 cm³/mol. The smallest absolute Gasteiger partial charge is 0.249 e. The first kappa shape index (κ1) is 13.3. The number of aryl methyl sites for hydroxylation is 1. The molecule has 0 unspecified atom stereocenters. The highest BCUT2D eigenvalue weighted by Crippen LogP contribution is 2.08. The second-order valence-corrected chi connectivity index (χ2v) is 4.57. The van der Waals surface area contributed by atoms with E-state index in [0.29, 0.717) is 5.82 Å². The summed E-state index contributed by atoms with van der Waals surface area (Å²) in [6.45, 7) is 3.48. The van der Waals surface area contributed by atoms with Gasteiger partial charge in [0.2, 0.25) is 11.8 Å². The molecule has 0 aromatic carbocycles. The van der Waals surface area contributed by atoms with Crippen molar-refractivity contribution >= 4 is 17.6 Å². The molecule has 2 rings (SSSR count). The highest BCUT2D eigenvalue weighted by molar-refractivity contribution is 6.03. The zero-order valence-electron chi connectivity index (χ0n) is 10.9. The molecule has 2 amide bonds. The number of nitrogens with one attached hydrogen (secondary N) is 1. The van der Waals surface area contributed by atoms with Crippen molar-refractivity contribution in [2.45, 2.75) is 19.8 Å². The first-order valence-corrected chi connectivity index (χ1v) is 6.36. The molecule has 19 heavy (non-hydrogen) atoms. The summed E-state index contributed by atoms with van der Waals surface area (Å²) in [5, 5.41) is 2.62. The van der Waals surface area contributed by atoms with Gasteiger partial charge in [0.05, 0.1) is 0 Å². The molecule has 0 saturated carbocycles. The minimum absolute atomic E-state index is 0.107. The fourth-order valence-corrected chi connectivity index (χ4v) is 1.96. The number of anilines is 1. The summed E-state index contributed by atoms with van der Waals surface area (Å²) in [5.74, 6) is 0.0405. The minimum atomic E-state index is -0.342. The van der Waals surface area contributed by atoms with Crippen LogP contribution >= 0.6 is 0 Å². The van der Waals surface area contributed by atoms with E-state index in [1.54, 1.807) is 17.2 Å². The van der Waals surface area contributed by atoms with Crippen molar-refractivity contribution in [3.63, 3.8) is 0 Å². The van der Waals surface area contributed by atoms with Gasteiger partial charge in [-0.1, -0.05) is 0 Å². The average molecular weight is 259 g/mol. The molecule has 1 fully saturated rings. The summed E-state index contributed by atoms with van der Waals surface area (Å²) < 4.78 is 0. The Balaban J connectivity index is 1.88. The monoisotopic (exact) mass is 259 g/mol. The van der Waals surface area contributed by atoms with Crippen LogP contribution in [0.2, 0.25) is 0 Å². The summed E-state index contributed by atoms with van der Waals surface area (Å²) >= 11 is 0. The molecule has 0 atom stereocenters. The maximum atomic E-state index is 11.7. The fourth-order valence-electron chi connectivity index (χ4n) is 1.96. The lowest BCUT2D eigenvalue weighted by molar-refractivity contribution is -0.125. The second kappa shape index (κ2) is 6.13. The number of nitrogens with zero attached hydrogens (tertiary/aromatic N) is 2. The Bertz CT molecular complexity index is 505. The van der Waals surface area contributed by atoms with Crippen LogP contribution in [0.5, 0.6) is 0 Å². The summed E-state index contributed by atoms with van der Waals surface area (Å²) in [4.78, 5) is 29.1. The lowest BCUT2D eigenvalue weighted by Gasteiger charge is -2.11. The summed E-state index contributed by atoms with van der Waals surface area (Å²) in [7, 11) is 0. The van der Waals surface area contributed by atoms with E-state index in [-0.39, 0.29) is 11.8 Å². The van der Waals surface area contributed by atoms with Gasteiger partial charge < -0.3 is 10.2 Å². The van der Waals surface area contributed by atoms with Crippen LogP contribution in [-0.4, -0.2) is 34.8 Å². The van der Waals surface area contributed by atoms with Crippen LogP contribution in [0.15, 0.2) is 30.5 Å². The van der Waals surface area contributed by atoms with Crippen molar-refractivity contribution in [3.05, 3.63) is 36.0 Å². The second-order valence-electron chi connectivity index (χ2n) is 4.57. The van der Waals surface area contributed by atoms with E-state index < -0.39 is 0 Å². The van der Waals surface area contributed by atoms with E-state index >= 15 is 0 Å². The van der Waals surface area contributed by atoms with Gasteiger partial charge in [0.15, 0.2) is 0 Å². The fraction of sp³-hybridized carbons (Fsp3) is 0.357. The summed E-state index contributed by atoms with van der Waals surface area (Å²) in [5.41, 5.74) is 1.02. The Kier molecular flexibility index (Phi) is 4.28. The molecular formula is C14H17N3O2. The predicted octanol–water partition coefficient (Wildman–Crippen LogP) is 1.51. The maximum absolute atomic E-state index is 11.7. The topological polar surface area (TPSA) is 62.3 Å². The van der Waals surface area contributed by atoms with Crippen molar-refractivity contribution < 1.29 is 9.59 Å². The number of rotatable bonds is 3. The number of pyridine rings is 1. The molecular weight excluding hydrogens is 242 g/mol. The van der Waals surface area contributed by atoms with Crippen LogP contribution in [0, 0.1) is 6.92 Å². The van der Waals surface area contributed by atoms with Gasteiger partial charge >= 0.3 is 0 Å². The molecule has 0 aliphatic carbocycles. The van der Waals surface area contributed by atoms with Crippen molar-refractivity contribution in [1.29, 1.82) is 0 Å². The highest BCUT2D eigenvalue weighted by atomic mass is 16.2. The number of hydrogen-bond acceptors (Lipinski definition) is 3. The van der Waals surface area contributed by atoms with Crippen molar-refractivity contribution in [3.8, 4) is 0 Å². The van der Waals surface area contributed by atoms with E-state index in [9.17, 15) is 9.59 Å². The van der Waals surface area contributed by atoms with Crippen LogP contribution in [0.4, 0.5) is 5.82 Å². The van der Waals surface area contributed by atoms with Crippen LogP contribution in [0.3, 0.4) is 0 Å². The average Bonchev–Trinajstić information content (AvgIpc) is 2.90. The van der Waals surface area contributed by atoms with E-state index in [2.05, 4.69) is 10.3 Å². The van der Waals surface area contributed by atoms with Gasteiger partial charge in [-0.05, 0) is 37.5 Å². The molecule has 0 spiro atoms. The van der Waals surface area contributed by atoms with Gasteiger partial charge in [-0.3, -0.25) is 9.59 Å². The quantitative estimate of drug-likeness (QED) is 0.837. The molecule has 2 heterocycles. The Labute approximate surface area is 112 Å². The third-order valence-corrected chi connectivity index (χ3v) is 2.96. The van der Waals surface area contributed by atoms with Gasteiger partial charge in [0.25, 0.3) is 0 Å². The largest absolute Gasteiger partial charge is 0.339 e. The van der Waals surface area contributed by atoms with Gasteiger partial charge in [-0.2, -0.15) is 0 Å². The molecule has 0 radical (unpaired) electrons. The maximum Gasteiger partial charge on any atom is 0.249 e. The molecule has 1 aromatic rings.